The molecule has 4 rings (SSSR count). The third-order valence-corrected chi connectivity index (χ3v) is 5.33. The van der Waals surface area contributed by atoms with Gasteiger partial charge < -0.3 is 20.9 Å². The zero-order chi connectivity index (χ0) is 21.8. The van der Waals surface area contributed by atoms with Gasteiger partial charge in [0.25, 0.3) is 0 Å². The summed E-state index contributed by atoms with van der Waals surface area (Å²) < 4.78 is 5.48. The lowest BCUT2D eigenvalue weighted by Gasteiger charge is -2.14. The van der Waals surface area contributed by atoms with Crippen LogP contribution in [0.15, 0.2) is 72.8 Å². The Morgan fingerprint density at radius 1 is 1.00 bits per heavy atom. The molecule has 1 aliphatic carbocycles. The zero-order valence-electron chi connectivity index (χ0n) is 16.7. The number of fused-ring (bicyclic) bond motifs is 3. The first-order valence-electron chi connectivity index (χ1n) is 9.93. The standard InChI is InChI=1S/C25H22N2O4/c26-23-12-11-16(14-21(23)24(28)29)6-5-13-27-25(30)31-15-22-19-9-3-1-7-17(19)18-8-2-4-10-20(18)22/h1-12,14,22H,13,15,26H2,(H,27,30)(H,28,29). The number of amides is 1. The molecule has 0 fully saturated rings. The smallest absolute Gasteiger partial charge is 0.407 e. The predicted molar refractivity (Wildman–Crippen MR) is 120 cm³/mol. The molecule has 0 saturated heterocycles. The second-order valence-electron chi connectivity index (χ2n) is 7.26. The average molecular weight is 414 g/mol. The highest BCUT2D eigenvalue weighted by atomic mass is 16.5. The molecule has 0 aromatic heterocycles. The lowest BCUT2D eigenvalue weighted by molar-refractivity contribution is 0.0698. The van der Waals surface area contributed by atoms with Crippen molar-refractivity contribution in [3.8, 4) is 11.1 Å². The second-order valence-corrected chi connectivity index (χ2v) is 7.26. The van der Waals surface area contributed by atoms with Crippen LogP contribution in [0, 0.1) is 0 Å². The number of carbonyl (C=O) groups excluding carboxylic acids is 1. The van der Waals surface area contributed by atoms with Crippen molar-refractivity contribution in [2.24, 2.45) is 0 Å². The number of benzene rings is 3. The van der Waals surface area contributed by atoms with Crippen LogP contribution in [0.2, 0.25) is 0 Å². The van der Waals surface area contributed by atoms with E-state index >= 15 is 0 Å². The number of aromatic carboxylic acids is 1. The molecule has 0 unspecified atom stereocenters. The van der Waals surface area contributed by atoms with Gasteiger partial charge in [-0.1, -0.05) is 66.7 Å². The van der Waals surface area contributed by atoms with Gasteiger partial charge in [0, 0.05) is 18.2 Å². The van der Waals surface area contributed by atoms with Gasteiger partial charge in [0.05, 0.1) is 5.56 Å². The number of carboxylic acids is 1. The topological polar surface area (TPSA) is 102 Å². The summed E-state index contributed by atoms with van der Waals surface area (Å²) in [7, 11) is 0. The van der Waals surface area contributed by atoms with Gasteiger partial charge in [-0.15, -0.1) is 0 Å². The van der Waals surface area contributed by atoms with Gasteiger partial charge in [0.15, 0.2) is 0 Å². The normalized spacial score (nSPS) is 12.4. The van der Waals surface area contributed by atoms with E-state index in [1.165, 1.54) is 17.2 Å². The highest BCUT2D eigenvalue weighted by molar-refractivity contribution is 5.94. The predicted octanol–water partition coefficient (Wildman–Crippen LogP) is 4.52. The molecular weight excluding hydrogens is 392 g/mol. The number of rotatable bonds is 6. The highest BCUT2D eigenvalue weighted by Crippen LogP contribution is 2.44. The largest absolute Gasteiger partial charge is 0.478 e. The Balaban J connectivity index is 1.33. The number of carboxylic acid groups (broad SMARTS) is 1. The monoisotopic (exact) mass is 414 g/mol. The van der Waals surface area contributed by atoms with E-state index < -0.39 is 12.1 Å². The first-order valence-corrected chi connectivity index (χ1v) is 9.93. The number of carbonyl (C=O) groups is 2. The minimum Gasteiger partial charge on any atom is -0.478 e. The Labute approximate surface area is 180 Å². The van der Waals surface area contributed by atoms with Crippen molar-refractivity contribution in [1.29, 1.82) is 0 Å². The Hall–Kier alpha value is -4.06. The van der Waals surface area contributed by atoms with Gasteiger partial charge in [-0.2, -0.15) is 0 Å². The summed E-state index contributed by atoms with van der Waals surface area (Å²) in [5.41, 5.74) is 11.3. The van der Waals surface area contributed by atoms with E-state index in [2.05, 4.69) is 29.6 Å². The maximum atomic E-state index is 12.2. The number of hydrogen-bond acceptors (Lipinski definition) is 4. The van der Waals surface area contributed by atoms with Crippen LogP contribution in [-0.4, -0.2) is 30.3 Å². The van der Waals surface area contributed by atoms with Crippen molar-refractivity contribution in [2.45, 2.75) is 5.92 Å². The fourth-order valence-corrected chi connectivity index (χ4v) is 3.85. The molecule has 0 aliphatic heterocycles. The first-order chi connectivity index (χ1) is 15.0. The molecular formula is C25H22N2O4. The van der Waals surface area contributed by atoms with Crippen molar-refractivity contribution >= 4 is 23.8 Å². The number of nitrogen functional groups attached to an aromatic ring is 1. The molecule has 1 aliphatic rings. The van der Waals surface area contributed by atoms with Crippen molar-refractivity contribution in [3.05, 3.63) is 95.1 Å². The molecule has 1 amide bonds. The molecule has 0 heterocycles. The van der Waals surface area contributed by atoms with Crippen LogP contribution in [0.3, 0.4) is 0 Å². The van der Waals surface area contributed by atoms with E-state index in [9.17, 15) is 9.59 Å². The van der Waals surface area contributed by atoms with Crippen LogP contribution in [0.4, 0.5) is 10.5 Å². The Morgan fingerprint density at radius 2 is 1.65 bits per heavy atom. The van der Waals surface area contributed by atoms with Gasteiger partial charge in [0.2, 0.25) is 0 Å². The first kappa shape index (κ1) is 20.2. The number of alkyl carbamates (subject to hydrolysis) is 1. The lowest BCUT2D eigenvalue weighted by Crippen LogP contribution is -2.26. The van der Waals surface area contributed by atoms with Gasteiger partial charge in [-0.3, -0.25) is 0 Å². The summed E-state index contributed by atoms with van der Waals surface area (Å²) in [6, 6.07) is 21.1. The maximum Gasteiger partial charge on any atom is 0.407 e. The fourth-order valence-electron chi connectivity index (χ4n) is 3.85. The summed E-state index contributed by atoms with van der Waals surface area (Å²) in [6.45, 7) is 0.507. The molecule has 0 radical (unpaired) electrons. The second kappa shape index (κ2) is 8.75. The minimum absolute atomic E-state index is 0.0120. The van der Waals surface area contributed by atoms with Crippen LogP contribution in [0.1, 0.15) is 33.0 Å². The Bertz CT molecular complexity index is 1120. The molecule has 4 N–H and O–H groups in total. The molecule has 0 saturated carbocycles. The van der Waals surface area contributed by atoms with E-state index in [0.717, 1.165) is 11.1 Å². The molecule has 0 spiro atoms. The summed E-state index contributed by atoms with van der Waals surface area (Å²) in [6.07, 6.45) is 2.93. The van der Waals surface area contributed by atoms with Gasteiger partial charge in [-0.05, 0) is 39.9 Å². The summed E-state index contributed by atoms with van der Waals surface area (Å²) >= 11 is 0. The van der Waals surface area contributed by atoms with Gasteiger partial charge in [0.1, 0.15) is 6.61 Å². The molecule has 0 atom stereocenters. The fraction of sp³-hybridized carbons (Fsp3) is 0.120. The van der Waals surface area contributed by atoms with Crippen LogP contribution in [0.25, 0.3) is 17.2 Å². The van der Waals surface area contributed by atoms with Crippen molar-refractivity contribution in [2.75, 3.05) is 18.9 Å². The van der Waals surface area contributed by atoms with Gasteiger partial charge in [-0.25, -0.2) is 9.59 Å². The number of nitrogens with two attached hydrogens (primary N) is 1. The molecule has 156 valence electrons. The Morgan fingerprint density at radius 3 is 2.29 bits per heavy atom. The molecule has 6 heteroatoms. The number of anilines is 1. The third kappa shape index (κ3) is 4.28. The van der Waals surface area contributed by atoms with Crippen molar-refractivity contribution in [1.82, 2.24) is 5.32 Å². The Kier molecular flexibility index (Phi) is 5.71. The van der Waals surface area contributed by atoms with E-state index in [0.29, 0.717) is 5.56 Å². The van der Waals surface area contributed by atoms with Crippen LogP contribution >= 0.6 is 0 Å². The molecule has 3 aromatic carbocycles. The molecule has 6 nitrogen and oxygen atoms in total. The van der Waals surface area contributed by atoms with Crippen molar-refractivity contribution < 1.29 is 19.4 Å². The highest BCUT2D eigenvalue weighted by Gasteiger charge is 2.28. The zero-order valence-corrected chi connectivity index (χ0v) is 16.7. The van der Waals surface area contributed by atoms with Crippen LogP contribution in [-0.2, 0) is 4.74 Å². The average Bonchev–Trinajstić information content (AvgIpc) is 3.10. The van der Waals surface area contributed by atoms with E-state index in [-0.39, 0.29) is 30.3 Å². The lowest BCUT2D eigenvalue weighted by atomic mass is 9.98. The molecule has 0 bridgehead atoms. The summed E-state index contributed by atoms with van der Waals surface area (Å²) in [5.74, 6) is -1.07. The number of nitrogens with one attached hydrogen (secondary N) is 1. The molecule has 3 aromatic rings. The summed E-state index contributed by atoms with van der Waals surface area (Å²) in [5, 5.41) is 11.8. The third-order valence-electron chi connectivity index (χ3n) is 5.33. The summed E-state index contributed by atoms with van der Waals surface area (Å²) in [4.78, 5) is 23.3. The van der Waals surface area contributed by atoms with Gasteiger partial charge >= 0.3 is 12.1 Å². The van der Waals surface area contributed by atoms with E-state index in [4.69, 9.17) is 15.6 Å². The minimum atomic E-state index is -1.08. The molecule has 31 heavy (non-hydrogen) atoms. The van der Waals surface area contributed by atoms with Crippen LogP contribution < -0.4 is 11.1 Å². The van der Waals surface area contributed by atoms with E-state index in [1.54, 1.807) is 24.3 Å². The quantitative estimate of drug-likeness (QED) is 0.515. The van der Waals surface area contributed by atoms with Crippen LogP contribution in [0.5, 0.6) is 0 Å². The van der Waals surface area contributed by atoms with E-state index in [1.807, 2.05) is 24.3 Å². The maximum absolute atomic E-state index is 12.2. The van der Waals surface area contributed by atoms with Crippen molar-refractivity contribution in [3.63, 3.8) is 0 Å². The number of hydrogen-bond donors (Lipinski definition) is 3. The number of ether oxygens (including phenoxy) is 1. The SMILES string of the molecule is Nc1ccc(C=CCNC(=O)OCC2c3ccccc3-c3ccccc32)cc1C(=O)O.